The maximum atomic E-state index is 10.2. The predicted octanol–water partition coefficient (Wildman–Crippen LogP) is -2.47. The van der Waals surface area contributed by atoms with E-state index in [1.54, 1.807) is 30.3 Å². The fourth-order valence-electron chi connectivity index (χ4n) is 3.23. The molecule has 30 heavy (non-hydrogen) atoms. The van der Waals surface area contributed by atoms with Crippen molar-refractivity contribution in [1.82, 2.24) is 0 Å². The smallest absolute Gasteiger partial charge is 0.188 e. The molecular formula is C19H25NO10. The predicted molar refractivity (Wildman–Crippen MR) is 96.3 cm³/mol. The molecule has 11 heteroatoms. The molecule has 2 aliphatic rings. The van der Waals surface area contributed by atoms with Crippen LogP contribution in [0.4, 0.5) is 0 Å². The van der Waals surface area contributed by atoms with Gasteiger partial charge < -0.3 is 49.6 Å². The summed E-state index contributed by atoms with van der Waals surface area (Å²) in [6.45, 7) is -0.678. The summed E-state index contributed by atoms with van der Waals surface area (Å²) in [6.07, 6.45) is -14.2. The Balaban J connectivity index is 1.63. The molecule has 0 radical (unpaired) electrons. The standard InChI is InChI=1S/C19H25NO10/c20-6-11(9-4-2-1-3-5-9)29-19-17(26)15(24)14(23)12(30-19)8-28-18-16(25)13(22)10(21)7-27-18/h1-5,10-19,21-26H,7-8H2/t10-,11+,12-,13+,14-,15+,16+,17+,18+,19+/m1/s1. The summed E-state index contributed by atoms with van der Waals surface area (Å²) in [5, 5.41) is 69.0. The van der Waals surface area contributed by atoms with E-state index >= 15 is 0 Å². The minimum Gasteiger partial charge on any atom is -0.388 e. The molecule has 0 unspecified atom stereocenters. The third-order valence-corrected chi connectivity index (χ3v) is 5.04. The van der Waals surface area contributed by atoms with Crippen molar-refractivity contribution in [2.24, 2.45) is 0 Å². The highest BCUT2D eigenvalue weighted by Gasteiger charge is 2.46. The Morgan fingerprint density at radius 1 is 0.933 bits per heavy atom. The number of rotatable bonds is 6. The van der Waals surface area contributed by atoms with Crippen molar-refractivity contribution < 1.29 is 49.6 Å². The lowest BCUT2D eigenvalue weighted by atomic mass is 9.99. The van der Waals surface area contributed by atoms with Crippen LogP contribution in [-0.2, 0) is 18.9 Å². The van der Waals surface area contributed by atoms with Crippen molar-refractivity contribution in [3.63, 3.8) is 0 Å². The van der Waals surface area contributed by atoms with Crippen LogP contribution < -0.4 is 0 Å². The van der Waals surface area contributed by atoms with Gasteiger partial charge in [-0.1, -0.05) is 30.3 Å². The monoisotopic (exact) mass is 427 g/mol. The van der Waals surface area contributed by atoms with E-state index in [1.807, 2.05) is 6.07 Å². The number of benzene rings is 1. The molecule has 2 fully saturated rings. The molecule has 2 saturated heterocycles. The third-order valence-electron chi connectivity index (χ3n) is 5.04. The van der Waals surface area contributed by atoms with E-state index in [2.05, 4.69) is 0 Å². The molecule has 3 rings (SSSR count). The number of ether oxygens (including phenoxy) is 4. The topological polar surface area (TPSA) is 182 Å². The highest BCUT2D eigenvalue weighted by molar-refractivity contribution is 5.22. The van der Waals surface area contributed by atoms with Crippen molar-refractivity contribution in [3.8, 4) is 6.07 Å². The van der Waals surface area contributed by atoms with Crippen molar-refractivity contribution in [2.45, 2.75) is 61.4 Å². The van der Waals surface area contributed by atoms with Crippen LogP contribution in [0.5, 0.6) is 0 Å². The number of aliphatic hydroxyl groups is 6. The molecule has 11 nitrogen and oxygen atoms in total. The minimum absolute atomic E-state index is 0.273. The number of hydrogen-bond acceptors (Lipinski definition) is 11. The van der Waals surface area contributed by atoms with E-state index in [4.69, 9.17) is 18.9 Å². The lowest BCUT2D eigenvalue weighted by Gasteiger charge is -2.41. The maximum Gasteiger partial charge on any atom is 0.188 e. The molecule has 0 aliphatic carbocycles. The van der Waals surface area contributed by atoms with Crippen LogP contribution in [0.25, 0.3) is 0 Å². The molecule has 0 aromatic heterocycles. The van der Waals surface area contributed by atoms with Crippen molar-refractivity contribution in [2.75, 3.05) is 13.2 Å². The Labute approximate surface area is 172 Å². The first-order valence-electron chi connectivity index (χ1n) is 9.40. The van der Waals surface area contributed by atoms with Crippen LogP contribution in [0, 0.1) is 11.3 Å². The first-order chi connectivity index (χ1) is 14.3. The van der Waals surface area contributed by atoms with Gasteiger partial charge in [0.05, 0.1) is 19.3 Å². The second-order valence-electron chi connectivity index (χ2n) is 7.15. The van der Waals surface area contributed by atoms with Crippen LogP contribution in [0.15, 0.2) is 30.3 Å². The average Bonchev–Trinajstić information content (AvgIpc) is 2.76. The first kappa shape index (κ1) is 23.0. The summed E-state index contributed by atoms with van der Waals surface area (Å²) in [7, 11) is 0. The van der Waals surface area contributed by atoms with Gasteiger partial charge in [-0.05, 0) is 5.56 Å². The lowest BCUT2D eigenvalue weighted by Crippen LogP contribution is -2.60. The van der Waals surface area contributed by atoms with Crippen LogP contribution in [0.2, 0.25) is 0 Å². The fraction of sp³-hybridized carbons (Fsp3) is 0.632. The third kappa shape index (κ3) is 4.96. The molecule has 10 atom stereocenters. The molecule has 0 amide bonds. The summed E-state index contributed by atoms with van der Waals surface area (Å²) >= 11 is 0. The lowest BCUT2D eigenvalue weighted by molar-refractivity contribution is -0.325. The van der Waals surface area contributed by atoms with Crippen LogP contribution >= 0.6 is 0 Å². The highest BCUT2D eigenvalue weighted by Crippen LogP contribution is 2.28. The van der Waals surface area contributed by atoms with E-state index < -0.39 is 68.0 Å². The van der Waals surface area contributed by atoms with Crippen molar-refractivity contribution >= 4 is 0 Å². The number of nitrogens with zero attached hydrogens (tertiary/aromatic N) is 1. The minimum atomic E-state index is -1.66. The van der Waals surface area contributed by atoms with Gasteiger partial charge >= 0.3 is 0 Å². The molecule has 1 aromatic rings. The van der Waals surface area contributed by atoms with E-state index in [9.17, 15) is 35.9 Å². The molecule has 0 spiro atoms. The van der Waals surface area contributed by atoms with Crippen LogP contribution in [0.3, 0.4) is 0 Å². The van der Waals surface area contributed by atoms with Gasteiger partial charge in [-0.25, -0.2) is 0 Å². The maximum absolute atomic E-state index is 10.2. The zero-order valence-electron chi connectivity index (χ0n) is 15.8. The number of nitriles is 1. The van der Waals surface area contributed by atoms with E-state index in [0.717, 1.165) is 0 Å². The van der Waals surface area contributed by atoms with Gasteiger partial charge in [0.25, 0.3) is 0 Å². The highest BCUT2D eigenvalue weighted by atomic mass is 16.7. The van der Waals surface area contributed by atoms with E-state index in [1.165, 1.54) is 0 Å². The number of aliphatic hydroxyl groups excluding tert-OH is 6. The van der Waals surface area contributed by atoms with Crippen molar-refractivity contribution in [1.29, 1.82) is 5.26 Å². The second kappa shape index (κ2) is 10.1. The van der Waals surface area contributed by atoms with E-state index in [-0.39, 0.29) is 6.61 Å². The molecule has 2 aliphatic heterocycles. The molecule has 0 saturated carbocycles. The molecule has 2 heterocycles. The summed E-state index contributed by atoms with van der Waals surface area (Å²) in [6, 6.07) is 10.4. The average molecular weight is 427 g/mol. The van der Waals surface area contributed by atoms with Gasteiger partial charge in [-0.3, -0.25) is 0 Å². The Hall–Kier alpha value is -1.69. The molecular weight excluding hydrogens is 402 g/mol. The summed E-state index contributed by atoms with van der Waals surface area (Å²) in [5.74, 6) is 0. The molecule has 6 N–H and O–H groups in total. The van der Waals surface area contributed by atoms with Crippen LogP contribution in [0.1, 0.15) is 11.7 Å². The zero-order chi connectivity index (χ0) is 21.8. The van der Waals surface area contributed by atoms with E-state index in [0.29, 0.717) is 5.56 Å². The fourth-order valence-corrected chi connectivity index (χ4v) is 3.23. The van der Waals surface area contributed by atoms with Gasteiger partial charge in [-0.15, -0.1) is 0 Å². The van der Waals surface area contributed by atoms with Crippen molar-refractivity contribution in [3.05, 3.63) is 35.9 Å². The number of hydrogen-bond donors (Lipinski definition) is 6. The van der Waals surface area contributed by atoms with Gasteiger partial charge in [-0.2, -0.15) is 5.26 Å². The molecule has 0 bridgehead atoms. The summed E-state index contributed by atoms with van der Waals surface area (Å²) in [4.78, 5) is 0. The second-order valence-corrected chi connectivity index (χ2v) is 7.15. The summed E-state index contributed by atoms with van der Waals surface area (Å²) in [5.41, 5.74) is 0.510. The SMILES string of the molecule is N#C[C@H](O[C@H]1O[C@H](CO[C@@H]2OC[C@@H](O)[C@H](O)[C@@H]2O)[C@@H](O)[C@H](O)[C@@H]1O)c1ccccc1. The Kier molecular flexibility index (Phi) is 7.72. The Morgan fingerprint density at radius 2 is 1.60 bits per heavy atom. The largest absolute Gasteiger partial charge is 0.388 e. The Morgan fingerprint density at radius 3 is 2.27 bits per heavy atom. The van der Waals surface area contributed by atoms with Gasteiger partial charge in [0, 0.05) is 0 Å². The Bertz CT molecular complexity index is 715. The van der Waals surface area contributed by atoms with Gasteiger partial charge in [0.15, 0.2) is 18.7 Å². The zero-order valence-corrected chi connectivity index (χ0v) is 15.8. The molecule has 1 aromatic carbocycles. The normalized spacial score (nSPS) is 40.5. The molecule has 166 valence electrons. The summed E-state index contributed by atoms with van der Waals surface area (Å²) < 4.78 is 21.5. The van der Waals surface area contributed by atoms with Crippen LogP contribution in [-0.4, -0.2) is 99.2 Å². The van der Waals surface area contributed by atoms with Gasteiger partial charge in [0.1, 0.15) is 42.7 Å². The van der Waals surface area contributed by atoms with Gasteiger partial charge in [0.2, 0.25) is 0 Å². The first-order valence-corrected chi connectivity index (χ1v) is 9.40. The quantitative estimate of drug-likeness (QED) is 0.283.